The maximum Gasteiger partial charge on any atom is 0.233 e. The van der Waals surface area contributed by atoms with Crippen LogP contribution in [0, 0.1) is 0 Å². The topological polar surface area (TPSA) is 85.1 Å². The molecule has 0 spiro atoms. The Morgan fingerprint density at radius 2 is 2.09 bits per heavy atom. The predicted molar refractivity (Wildman–Crippen MR) is 88.0 cm³/mol. The van der Waals surface area contributed by atoms with E-state index in [0.29, 0.717) is 18.1 Å². The Bertz CT molecular complexity index is 658. The third kappa shape index (κ3) is 5.59. The van der Waals surface area contributed by atoms with Gasteiger partial charge in [-0.25, -0.2) is 0 Å². The predicted octanol–water partition coefficient (Wildman–Crippen LogP) is 2.15. The van der Waals surface area contributed by atoms with Crippen molar-refractivity contribution in [3.05, 3.63) is 47.6 Å². The summed E-state index contributed by atoms with van der Waals surface area (Å²) in [6.07, 6.45) is 1.61. The van der Waals surface area contributed by atoms with Crippen molar-refractivity contribution in [1.29, 1.82) is 0 Å². The van der Waals surface area contributed by atoms with Gasteiger partial charge in [-0.2, -0.15) is 4.98 Å². The van der Waals surface area contributed by atoms with E-state index in [1.807, 2.05) is 44.2 Å². The third-order valence-corrected chi connectivity index (χ3v) is 4.40. The van der Waals surface area contributed by atoms with Crippen LogP contribution in [-0.4, -0.2) is 26.0 Å². The number of nitrogens with one attached hydrogen (secondary N) is 1. The molecule has 0 saturated carbocycles. The number of hydrogen-bond acceptors (Lipinski definition) is 5. The molecule has 0 fully saturated rings. The zero-order chi connectivity index (χ0) is 16.7. The van der Waals surface area contributed by atoms with Gasteiger partial charge < -0.3 is 9.84 Å². The number of carbonyl (C=O) groups excluding carboxylic acids is 1. The molecule has 7 heteroatoms. The molecular weight excluding hydrogens is 314 g/mol. The van der Waals surface area contributed by atoms with Gasteiger partial charge in [-0.3, -0.25) is 9.00 Å². The first-order valence-corrected chi connectivity index (χ1v) is 9.08. The summed E-state index contributed by atoms with van der Waals surface area (Å²) in [4.78, 5) is 16.1. The average molecular weight is 335 g/mol. The van der Waals surface area contributed by atoms with Crippen LogP contribution in [0.5, 0.6) is 0 Å². The van der Waals surface area contributed by atoms with Crippen molar-refractivity contribution in [1.82, 2.24) is 15.5 Å². The molecule has 6 nitrogen and oxygen atoms in total. The summed E-state index contributed by atoms with van der Waals surface area (Å²) in [5, 5.41) is 6.62. The normalized spacial score (nSPS) is 13.5. The Labute approximate surface area is 138 Å². The number of rotatable bonds is 8. The zero-order valence-electron chi connectivity index (χ0n) is 13.3. The molecule has 2 rings (SSSR count). The van der Waals surface area contributed by atoms with Crippen LogP contribution in [0.3, 0.4) is 0 Å². The first-order chi connectivity index (χ1) is 11.1. The van der Waals surface area contributed by atoms with E-state index >= 15 is 0 Å². The molecular formula is C16H21N3O3S. The van der Waals surface area contributed by atoms with E-state index in [2.05, 4.69) is 15.5 Å². The lowest BCUT2D eigenvalue weighted by atomic mass is 10.1. The average Bonchev–Trinajstić information content (AvgIpc) is 2.95. The van der Waals surface area contributed by atoms with Crippen molar-refractivity contribution in [2.75, 3.05) is 5.75 Å². The minimum absolute atomic E-state index is 0.0746. The number of carbonyl (C=O) groups is 1. The molecule has 1 N–H and O–H groups in total. The summed E-state index contributed by atoms with van der Waals surface area (Å²) >= 11 is 0. The summed E-state index contributed by atoms with van der Waals surface area (Å²) in [5.74, 6) is 0.726. The lowest BCUT2D eigenvalue weighted by molar-refractivity contribution is -0.119. The number of nitrogens with zero attached hydrogens (tertiary/aromatic N) is 2. The molecule has 0 unspecified atom stereocenters. The lowest BCUT2D eigenvalue weighted by Gasteiger charge is -2.13. The van der Waals surface area contributed by atoms with Gasteiger partial charge in [0.1, 0.15) is 5.75 Å². The van der Waals surface area contributed by atoms with Crippen LogP contribution in [0.15, 0.2) is 34.9 Å². The van der Waals surface area contributed by atoms with Gasteiger partial charge in [0.2, 0.25) is 11.8 Å². The second kappa shape index (κ2) is 8.57. The fourth-order valence-electron chi connectivity index (χ4n) is 2.11. The molecule has 124 valence electrons. The molecule has 0 aliphatic rings. The summed E-state index contributed by atoms with van der Waals surface area (Å²) < 4.78 is 17.1. The van der Waals surface area contributed by atoms with Gasteiger partial charge in [0.15, 0.2) is 5.82 Å². The van der Waals surface area contributed by atoms with Crippen LogP contribution in [0.4, 0.5) is 0 Å². The highest BCUT2D eigenvalue weighted by Gasteiger charge is 2.15. The third-order valence-electron chi connectivity index (χ3n) is 3.23. The fraction of sp³-hybridized carbons (Fsp3) is 0.438. The Hall–Kier alpha value is -2.02. The Balaban J connectivity index is 1.81. The van der Waals surface area contributed by atoms with Crippen LogP contribution in [0.2, 0.25) is 0 Å². The highest BCUT2D eigenvalue weighted by Crippen LogP contribution is 2.11. The van der Waals surface area contributed by atoms with E-state index < -0.39 is 10.8 Å². The molecule has 1 aromatic heterocycles. The molecule has 0 aliphatic heterocycles. The van der Waals surface area contributed by atoms with Gasteiger partial charge in [-0.05, 0) is 18.9 Å². The molecule has 0 saturated heterocycles. The molecule has 1 aromatic carbocycles. The number of aromatic nitrogens is 2. The minimum atomic E-state index is -1.36. The molecule has 1 amide bonds. The number of hydrogen-bond donors (Lipinski definition) is 1. The first kappa shape index (κ1) is 17.3. The highest BCUT2D eigenvalue weighted by atomic mass is 32.2. The Kier molecular flexibility index (Phi) is 6.46. The van der Waals surface area contributed by atoms with Gasteiger partial charge in [0.05, 0.1) is 11.8 Å². The van der Waals surface area contributed by atoms with E-state index in [1.165, 1.54) is 0 Å². The molecule has 2 aromatic rings. The van der Waals surface area contributed by atoms with Crippen LogP contribution < -0.4 is 5.32 Å². The van der Waals surface area contributed by atoms with Crippen molar-refractivity contribution in [3.8, 4) is 0 Å². The van der Waals surface area contributed by atoms with Crippen molar-refractivity contribution in [2.24, 2.45) is 0 Å². The van der Waals surface area contributed by atoms with E-state index in [4.69, 9.17) is 4.52 Å². The SMILES string of the molecule is CCCc1nc(C[S@@](=O)CC(=O)N[C@H](C)c2ccccc2)no1. The van der Waals surface area contributed by atoms with Gasteiger partial charge in [0, 0.05) is 17.2 Å². The van der Waals surface area contributed by atoms with Gasteiger partial charge in [-0.15, -0.1) is 0 Å². The maximum absolute atomic E-state index is 12.0. The Morgan fingerprint density at radius 3 is 2.78 bits per heavy atom. The molecule has 0 aliphatic carbocycles. The van der Waals surface area contributed by atoms with Crippen LogP contribution in [0.1, 0.15) is 43.6 Å². The van der Waals surface area contributed by atoms with E-state index in [9.17, 15) is 9.00 Å². The zero-order valence-corrected chi connectivity index (χ0v) is 14.1. The van der Waals surface area contributed by atoms with Crippen LogP contribution >= 0.6 is 0 Å². The second-order valence-electron chi connectivity index (χ2n) is 5.28. The quantitative estimate of drug-likeness (QED) is 0.799. The largest absolute Gasteiger partial charge is 0.349 e. The monoisotopic (exact) mass is 335 g/mol. The van der Waals surface area contributed by atoms with Crippen molar-refractivity contribution < 1.29 is 13.5 Å². The van der Waals surface area contributed by atoms with E-state index in [0.717, 1.165) is 12.0 Å². The van der Waals surface area contributed by atoms with Crippen molar-refractivity contribution >= 4 is 16.7 Å². The van der Waals surface area contributed by atoms with E-state index in [-0.39, 0.29) is 23.5 Å². The first-order valence-electron chi connectivity index (χ1n) is 7.59. The van der Waals surface area contributed by atoms with Gasteiger partial charge in [0.25, 0.3) is 0 Å². The van der Waals surface area contributed by atoms with Crippen molar-refractivity contribution in [3.63, 3.8) is 0 Å². The summed E-state index contributed by atoms with van der Waals surface area (Å²) in [6, 6.07) is 9.51. The molecule has 1 heterocycles. The number of benzene rings is 1. The molecule has 0 radical (unpaired) electrons. The smallest absolute Gasteiger partial charge is 0.233 e. The lowest BCUT2D eigenvalue weighted by Crippen LogP contribution is -2.31. The van der Waals surface area contributed by atoms with Crippen LogP contribution in [-0.2, 0) is 27.8 Å². The summed E-state index contributed by atoms with van der Waals surface area (Å²) in [7, 11) is -1.36. The number of amides is 1. The van der Waals surface area contributed by atoms with Gasteiger partial charge >= 0.3 is 0 Å². The molecule has 2 atom stereocenters. The second-order valence-corrected chi connectivity index (χ2v) is 6.74. The molecule has 0 bridgehead atoms. The fourth-order valence-corrected chi connectivity index (χ4v) is 3.00. The molecule has 23 heavy (non-hydrogen) atoms. The summed E-state index contributed by atoms with van der Waals surface area (Å²) in [5.41, 5.74) is 1.01. The van der Waals surface area contributed by atoms with Crippen molar-refractivity contribution in [2.45, 2.75) is 38.5 Å². The Morgan fingerprint density at radius 1 is 1.35 bits per heavy atom. The summed E-state index contributed by atoms with van der Waals surface area (Å²) in [6.45, 7) is 3.91. The minimum Gasteiger partial charge on any atom is -0.349 e. The van der Waals surface area contributed by atoms with E-state index in [1.54, 1.807) is 0 Å². The highest BCUT2D eigenvalue weighted by molar-refractivity contribution is 7.84. The number of aryl methyl sites for hydroxylation is 1. The maximum atomic E-state index is 12.0. The van der Waals surface area contributed by atoms with Crippen LogP contribution in [0.25, 0.3) is 0 Å². The van der Waals surface area contributed by atoms with Gasteiger partial charge in [-0.1, -0.05) is 42.4 Å². The standard InChI is InChI=1S/C16H21N3O3S/c1-3-7-16-18-14(19-22-16)10-23(21)11-15(20)17-12(2)13-8-5-4-6-9-13/h4-6,8-9,12H,3,7,10-11H2,1-2H3,(H,17,20)/t12-,23-/m1/s1.